The smallest absolute Gasteiger partial charge is 0.153 e. The second-order valence-corrected chi connectivity index (χ2v) is 1.81. The van der Waals surface area contributed by atoms with Crippen LogP contribution in [0.4, 0.5) is 8.78 Å². The molecule has 56 valence electrons. The lowest BCUT2D eigenvalue weighted by Gasteiger charge is -1.85. The van der Waals surface area contributed by atoms with Gasteiger partial charge in [-0.15, -0.1) is 6.58 Å². The van der Waals surface area contributed by atoms with Gasteiger partial charge in [0, 0.05) is 0 Å². The normalized spacial score (nSPS) is 13.5. The van der Waals surface area contributed by atoms with Crippen molar-refractivity contribution in [2.24, 2.45) is 0 Å². The number of halogens is 2. The van der Waals surface area contributed by atoms with E-state index in [4.69, 9.17) is 0 Å². The van der Waals surface area contributed by atoms with Crippen molar-refractivity contribution in [2.45, 2.75) is 13.3 Å². The molecule has 0 spiro atoms. The molecular weight excluding hydrogens is 134 g/mol. The molecule has 0 unspecified atom stereocenters. The van der Waals surface area contributed by atoms with Crippen LogP contribution >= 0.6 is 0 Å². The van der Waals surface area contributed by atoms with Crippen molar-refractivity contribution in [3.63, 3.8) is 0 Å². The Hall–Kier alpha value is -0.920. The Morgan fingerprint density at radius 3 is 2.50 bits per heavy atom. The van der Waals surface area contributed by atoms with Crippen molar-refractivity contribution in [1.29, 1.82) is 0 Å². The minimum Gasteiger partial charge on any atom is -0.209 e. The molecule has 0 heterocycles. The van der Waals surface area contributed by atoms with E-state index in [-0.39, 0.29) is 0 Å². The Labute approximate surface area is 59.6 Å². The molecule has 0 nitrogen and oxygen atoms in total. The monoisotopic (exact) mass is 144 g/mol. The maximum absolute atomic E-state index is 12.2. The average Bonchev–Trinajstić information content (AvgIpc) is 1.88. The first-order valence-corrected chi connectivity index (χ1v) is 2.97. The molecule has 0 bridgehead atoms. The minimum absolute atomic E-state index is 0.556. The van der Waals surface area contributed by atoms with Crippen molar-refractivity contribution in [2.75, 3.05) is 0 Å². The molecule has 0 amide bonds. The molecule has 0 aromatic carbocycles. The Balaban J connectivity index is 3.89. The van der Waals surface area contributed by atoms with Crippen molar-refractivity contribution in [3.05, 3.63) is 36.5 Å². The Kier molecular flexibility index (Phi) is 4.46. The van der Waals surface area contributed by atoms with Gasteiger partial charge in [-0.3, -0.25) is 0 Å². The van der Waals surface area contributed by atoms with E-state index < -0.39 is 11.7 Å². The van der Waals surface area contributed by atoms with Gasteiger partial charge in [0.2, 0.25) is 0 Å². The number of rotatable bonds is 3. The average molecular weight is 144 g/mol. The van der Waals surface area contributed by atoms with Crippen molar-refractivity contribution >= 4 is 0 Å². The van der Waals surface area contributed by atoms with Gasteiger partial charge in [0.25, 0.3) is 0 Å². The van der Waals surface area contributed by atoms with Crippen LogP contribution in [0.5, 0.6) is 0 Å². The first-order chi connectivity index (χ1) is 4.68. The number of hydrogen-bond acceptors (Lipinski definition) is 0. The van der Waals surface area contributed by atoms with Gasteiger partial charge in [-0.1, -0.05) is 12.2 Å². The lowest BCUT2D eigenvalue weighted by molar-refractivity contribution is 0.555. The van der Waals surface area contributed by atoms with Crippen molar-refractivity contribution < 1.29 is 8.78 Å². The molecule has 10 heavy (non-hydrogen) atoms. The van der Waals surface area contributed by atoms with Gasteiger partial charge >= 0.3 is 0 Å². The zero-order valence-corrected chi connectivity index (χ0v) is 5.90. The van der Waals surface area contributed by atoms with Gasteiger partial charge in [0.05, 0.1) is 0 Å². The summed E-state index contributed by atoms with van der Waals surface area (Å²) in [5, 5.41) is 0. The molecule has 0 atom stereocenters. The second-order valence-electron chi connectivity index (χ2n) is 1.81. The van der Waals surface area contributed by atoms with Crippen molar-refractivity contribution in [3.8, 4) is 0 Å². The summed E-state index contributed by atoms with van der Waals surface area (Å²) in [5.41, 5.74) is 0. The number of allylic oxidation sites excluding steroid dienone is 5. The van der Waals surface area contributed by atoms with Crippen LogP contribution < -0.4 is 0 Å². The molecule has 0 aliphatic heterocycles. The maximum Gasteiger partial charge on any atom is 0.153 e. The fourth-order valence-electron chi connectivity index (χ4n) is 0.383. The fourth-order valence-corrected chi connectivity index (χ4v) is 0.383. The molecule has 0 aliphatic carbocycles. The topological polar surface area (TPSA) is 0 Å². The standard InChI is InChI=1S/C8H10F2/c1-3-4-5-6-8(10)7(2)9/h3,5-6H,1,4H2,2H3. The van der Waals surface area contributed by atoms with E-state index in [1.54, 1.807) is 6.08 Å². The summed E-state index contributed by atoms with van der Waals surface area (Å²) < 4.78 is 24.2. The SMILES string of the molecule is C=CCC=CC(F)=C(C)F. The molecule has 0 aromatic rings. The van der Waals surface area contributed by atoms with Crippen LogP contribution in [0, 0.1) is 0 Å². The molecule has 0 saturated carbocycles. The third-order valence-corrected chi connectivity index (χ3v) is 0.896. The third-order valence-electron chi connectivity index (χ3n) is 0.896. The van der Waals surface area contributed by atoms with E-state index in [1.165, 1.54) is 6.08 Å². The zero-order valence-electron chi connectivity index (χ0n) is 5.90. The summed E-state index contributed by atoms with van der Waals surface area (Å²) in [5.74, 6) is -1.61. The summed E-state index contributed by atoms with van der Waals surface area (Å²) in [7, 11) is 0. The first-order valence-electron chi connectivity index (χ1n) is 2.97. The van der Waals surface area contributed by atoms with Crippen LogP contribution in [-0.2, 0) is 0 Å². The summed E-state index contributed by atoms with van der Waals surface area (Å²) in [4.78, 5) is 0. The molecule has 0 saturated heterocycles. The van der Waals surface area contributed by atoms with E-state index in [1.807, 2.05) is 0 Å². The highest BCUT2D eigenvalue weighted by Gasteiger charge is 1.92. The second kappa shape index (κ2) is 4.91. The summed E-state index contributed by atoms with van der Waals surface area (Å²) in [6.07, 6.45) is 4.76. The van der Waals surface area contributed by atoms with Crippen LogP contribution in [0.1, 0.15) is 13.3 Å². The van der Waals surface area contributed by atoms with Crippen LogP contribution in [0.3, 0.4) is 0 Å². The van der Waals surface area contributed by atoms with E-state index in [0.29, 0.717) is 6.42 Å². The van der Waals surface area contributed by atoms with E-state index in [2.05, 4.69) is 6.58 Å². The molecule has 0 fully saturated rings. The van der Waals surface area contributed by atoms with E-state index >= 15 is 0 Å². The van der Waals surface area contributed by atoms with Gasteiger partial charge < -0.3 is 0 Å². The Bertz CT molecular complexity index is 162. The number of hydrogen-bond donors (Lipinski definition) is 0. The zero-order chi connectivity index (χ0) is 7.98. The predicted octanol–water partition coefficient (Wildman–Crippen LogP) is 3.29. The molecule has 0 rings (SSSR count). The van der Waals surface area contributed by atoms with Gasteiger partial charge in [0.1, 0.15) is 5.83 Å². The van der Waals surface area contributed by atoms with Gasteiger partial charge in [-0.05, 0) is 19.4 Å². The lowest BCUT2D eigenvalue weighted by atomic mass is 10.3. The molecule has 0 aliphatic rings. The third kappa shape index (κ3) is 4.01. The lowest BCUT2D eigenvalue weighted by Crippen LogP contribution is -1.68. The summed E-state index contributed by atoms with van der Waals surface area (Å²) >= 11 is 0. The van der Waals surface area contributed by atoms with Crippen LogP contribution in [0.25, 0.3) is 0 Å². The maximum atomic E-state index is 12.2. The Morgan fingerprint density at radius 2 is 2.10 bits per heavy atom. The highest BCUT2D eigenvalue weighted by molar-refractivity contribution is 5.14. The predicted molar refractivity (Wildman–Crippen MR) is 38.9 cm³/mol. The van der Waals surface area contributed by atoms with Crippen molar-refractivity contribution in [1.82, 2.24) is 0 Å². The van der Waals surface area contributed by atoms with Gasteiger partial charge in [-0.2, -0.15) is 0 Å². The fraction of sp³-hybridized carbons (Fsp3) is 0.250. The minimum atomic E-state index is -0.818. The highest BCUT2D eigenvalue weighted by atomic mass is 19.2. The van der Waals surface area contributed by atoms with Crippen LogP contribution in [0.2, 0.25) is 0 Å². The van der Waals surface area contributed by atoms with Gasteiger partial charge in [0.15, 0.2) is 5.83 Å². The molecule has 0 aromatic heterocycles. The Morgan fingerprint density at radius 1 is 1.50 bits per heavy atom. The quantitative estimate of drug-likeness (QED) is 0.421. The first kappa shape index (κ1) is 9.08. The van der Waals surface area contributed by atoms with E-state index in [9.17, 15) is 8.78 Å². The molecule has 2 heteroatoms. The molecule has 0 N–H and O–H groups in total. The van der Waals surface area contributed by atoms with E-state index in [0.717, 1.165) is 13.0 Å². The largest absolute Gasteiger partial charge is 0.209 e. The van der Waals surface area contributed by atoms with Crippen LogP contribution in [-0.4, -0.2) is 0 Å². The van der Waals surface area contributed by atoms with Crippen LogP contribution in [0.15, 0.2) is 36.5 Å². The molecular formula is C8H10F2. The highest BCUT2D eigenvalue weighted by Crippen LogP contribution is 2.07. The molecule has 0 radical (unpaired) electrons. The summed E-state index contributed by atoms with van der Waals surface area (Å²) in [6.45, 7) is 4.50. The summed E-state index contributed by atoms with van der Waals surface area (Å²) in [6, 6.07) is 0. The van der Waals surface area contributed by atoms with Gasteiger partial charge in [-0.25, -0.2) is 8.78 Å².